The van der Waals surface area contributed by atoms with E-state index in [9.17, 15) is 9.59 Å². The minimum Gasteiger partial charge on any atom is -0.493 e. The van der Waals surface area contributed by atoms with Gasteiger partial charge in [0.2, 0.25) is 11.7 Å². The fourth-order valence-electron chi connectivity index (χ4n) is 4.30. The number of halogens is 1. The molecule has 0 radical (unpaired) electrons. The van der Waals surface area contributed by atoms with Gasteiger partial charge in [0, 0.05) is 49.1 Å². The van der Waals surface area contributed by atoms with E-state index in [1.807, 2.05) is 24.0 Å². The summed E-state index contributed by atoms with van der Waals surface area (Å²) in [5.74, 6) is 0.931. The summed E-state index contributed by atoms with van der Waals surface area (Å²) in [6.45, 7) is 5.79. The number of hydrogen-bond donors (Lipinski definition) is 0. The lowest BCUT2D eigenvalue weighted by Gasteiger charge is -2.42. The Kier molecular flexibility index (Phi) is 7.55. The Morgan fingerprint density at radius 3 is 2.42 bits per heavy atom. The number of benzene rings is 1. The fraction of sp³-hybridized carbons (Fsp3) is 0.542. The minimum absolute atomic E-state index is 0.112. The summed E-state index contributed by atoms with van der Waals surface area (Å²) in [5, 5.41) is 4.57. The molecule has 0 bridgehead atoms. The van der Waals surface area contributed by atoms with Crippen LogP contribution in [0.15, 0.2) is 34.9 Å². The standard InChI is InChI=1S/C24H30ClN3O5/c1-2-19-15-21(33-26-19)23(30)28-9-7-24(8-10-28,16-22(29)27-11-13-31-14-12-27)17-32-20-5-3-18(25)4-6-20/h3-6,15H,2,7-14,16-17H2,1H3. The molecule has 2 aliphatic rings. The van der Waals surface area contributed by atoms with Gasteiger partial charge in [-0.25, -0.2) is 0 Å². The Bertz CT molecular complexity index is 947. The lowest BCUT2D eigenvalue weighted by atomic mass is 9.75. The molecule has 2 aromatic rings. The molecule has 8 nitrogen and oxygen atoms in total. The van der Waals surface area contributed by atoms with Crippen LogP contribution in [0.2, 0.25) is 5.02 Å². The SMILES string of the molecule is CCc1cc(C(=O)N2CCC(COc3ccc(Cl)cc3)(CC(=O)N3CCOCC3)CC2)on1. The first-order valence-electron chi connectivity index (χ1n) is 11.5. The Labute approximate surface area is 198 Å². The smallest absolute Gasteiger partial charge is 0.292 e. The van der Waals surface area contributed by atoms with Gasteiger partial charge in [-0.05, 0) is 43.5 Å². The quantitative estimate of drug-likeness (QED) is 0.609. The summed E-state index contributed by atoms with van der Waals surface area (Å²) in [5.41, 5.74) is 0.402. The second-order valence-electron chi connectivity index (χ2n) is 8.74. The highest BCUT2D eigenvalue weighted by atomic mass is 35.5. The van der Waals surface area contributed by atoms with Crippen molar-refractivity contribution in [1.82, 2.24) is 15.0 Å². The number of nitrogens with zero attached hydrogens (tertiary/aromatic N) is 3. The summed E-state index contributed by atoms with van der Waals surface area (Å²) in [7, 11) is 0. The maximum Gasteiger partial charge on any atom is 0.292 e. The van der Waals surface area contributed by atoms with E-state index in [0.717, 1.165) is 5.69 Å². The van der Waals surface area contributed by atoms with Crippen molar-refractivity contribution in [2.24, 2.45) is 5.41 Å². The molecule has 2 saturated heterocycles. The topological polar surface area (TPSA) is 85.1 Å². The Morgan fingerprint density at radius 2 is 1.79 bits per heavy atom. The third-order valence-electron chi connectivity index (χ3n) is 6.49. The van der Waals surface area contributed by atoms with Crippen molar-refractivity contribution in [2.45, 2.75) is 32.6 Å². The summed E-state index contributed by atoms with van der Waals surface area (Å²) >= 11 is 5.98. The number of carbonyl (C=O) groups excluding carboxylic acids is 2. The molecule has 0 unspecified atom stereocenters. The number of aryl methyl sites for hydroxylation is 1. The second kappa shape index (κ2) is 10.6. The van der Waals surface area contributed by atoms with Crippen LogP contribution in [-0.4, -0.2) is 72.8 Å². The molecule has 0 N–H and O–H groups in total. The number of morpholine rings is 1. The zero-order valence-electron chi connectivity index (χ0n) is 18.9. The van der Waals surface area contributed by atoms with Crippen molar-refractivity contribution in [1.29, 1.82) is 0 Å². The highest BCUT2D eigenvalue weighted by Gasteiger charge is 2.40. The highest BCUT2D eigenvalue weighted by molar-refractivity contribution is 6.30. The van der Waals surface area contributed by atoms with Crippen molar-refractivity contribution in [3.8, 4) is 5.75 Å². The normalized spacial score (nSPS) is 18.2. The van der Waals surface area contributed by atoms with Crippen molar-refractivity contribution in [3.63, 3.8) is 0 Å². The third kappa shape index (κ3) is 5.86. The maximum atomic E-state index is 13.1. The number of hydrogen-bond acceptors (Lipinski definition) is 6. The zero-order chi connectivity index (χ0) is 23.3. The maximum absolute atomic E-state index is 13.1. The Hall–Kier alpha value is -2.58. The van der Waals surface area contributed by atoms with Crippen LogP contribution in [-0.2, 0) is 16.0 Å². The van der Waals surface area contributed by atoms with Crippen molar-refractivity contribution in [2.75, 3.05) is 46.0 Å². The Morgan fingerprint density at radius 1 is 1.09 bits per heavy atom. The van der Waals surface area contributed by atoms with Crippen LogP contribution in [0.3, 0.4) is 0 Å². The molecule has 2 amide bonds. The van der Waals surface area contributed by atoms with Gasteiger partial charge in [0.1, 0.15) is 5.75 Å². The number of amides is 2. The number of likely N-dealkylation sites (tertiary alicyclic amines) is 1. The summed E-state index contributed by atoms with van der Waals surface area (Å²) in [6, 6.07) is 8.93. The molecule has 2 aliphatic heterocycles. The molecule has 4 rings (SSSR count). The van der Waals surface area contributed by atoms with E-state index >= 15 is 0 Å². The van der Waals surface area contributed by atoms with Crippen molar-refractivity contribution in [3.05, 3.63) is 46.8 Å². The molecule has 178 valence electrons. The lowest BCUT2D eigenvalue weighted by molar-refractivity contribution is -0.139. The van der Waals surface area contributed by atoms with Gasteiger partial charge in [-0.2, -0.15) is 0 Å². The molecule has 9 heteroatoms. The monoisotopic (exact) mass is 475 g/mol. The van der Waals surface area contributed by atoms with Gasteiger partial charge in [0.25, 0.3) is 5.91 Å². The first-order chi connectivity index (χ1) is 16.0. The first kappa shape index (κ1) is 23.6. The predicted molar refractivity (Wildman–Crippen MR) is 122 cm³/mol. The average Bonchev–Trinajstić information content (AvgIpc) is 3.34. The van der Waals surface area contributed by atoms with Crippen LogP contribution in [0.5, 0.6) is 5.75 Å². The molecule has 2 fully saturated rings. The third-order valence-corrected chi connectivity index (χ3v) is 6.74. The number of piperidine rings is 1. The second-order valence-corrected chi connectivity index (χ2v) is 9.18. The molecule has 1 aromatic carbocycles. The van der Waals surface area contributed by atoms with Crippen LogP contribution < -0.4 is 4.74 Å². The van der Waals surface area contributed by atoms with Gasteiger partial charge in [0.15, 0.2) is 0 Å². The molecular weight excluding hydrogens is 446 g/mol. The molecule has 0 aliphatic carbocycles. The van der Waals surface area contributed by atoms with Crippen LogP contribution in [0.25, 0.3) is 0 Å². The van der Waals surface area contributed by atoms with Crippen LogP contribution in [0, 0.1) is 5.41 Å². The largest absolute Gasteiger partial charge is 0.493 e. The van der Waals surface area contributed by atoms with Crippen molar-refractivity contribution < 1.29 is 23.6 Å². The van der Waals surface area contributed by atoms with Gasteiger partial charge in [-0.1, -0.05) is 23.7 Å². The van der Waals surface area contributed by atoms with Crippen LogP contribution >= 0.6 is 11.6 Å². The minimum atomic E-state index is -0.359. The van der Waals surface area contributed by atoms with Gasteiger partial charge in [0.05, 0.1) is 25.5 Å². The van der Waals surface area contributed by atoms with Gasteiger partial charge < -0.3 is 23.8 Å². The number of carbonyl (C=O) groups is 2. The van der Waals surface area contributed by atoms with Crippen molar-refractivity contribution >= 4 is 23.4 Å². The van der Waals surface area contributed by atoms with E-state index in [1.165, 1.54) is 0 Å². The predicted octanol–water partition coefficient (Wildman–Crippen LogP) is 3.44. The molecule has 0 atom stereocenters. The molecule has 0 saturated carbocycles. The fourth-order valence-corrected chi connectivity index (χ4v) is 4.43. The Balaban J connectivity index is 1.43. The summed E-state index contributed by atoms with van der Waals surface area (Å²) in [4.78, 5) is 29.6. The van der Waals surface area contributed by atoms with Gasteiger partial charge in [-0.15, -0.1) is 0 Å². The number of aromatic nitrogens is 1. The highest BCUT2D eigenvalue weighted by Crippen LogP contribution is 2.37. The number of rotatable bonds is 7. The zero-order valence-corrected chi connectivity index (χ0v) is 19.7. The molecule has 3 heterocycles. The van der Waals surface area contributed by atoms with Crippen LogP contribution in [0.1, 0.15) is 42.4 Å². The lowest BCUT2D eigenvalue weighted by Crippen LogP contribution is -2.49. The summed E-state index contributed by atoms with van der Waals surface area (Å²) < 4.78 is 16.7. The van der Waals surface area contributed by atoms with E-state index < -0.39 is 0 Å². The van der Waals surface area contributed by atoms with Crippen LogP contribution in [0.4, 0.5) is 0 Å². The van der Waals surface area contributed by atoms with E-state index in [2.05, 4.69) is 5.16 Å². The van der Waals surface area contributed by atoms with E-state index in [1.54, 1.807) is 23.1 Å². The van der Waals surface area contributed by atoms with E-state index in [0.29, 0.717) is 82.5 Å². The van der Waals surface area contributed by atoms with Gasteiger partial charge >= 0.3 is 0 Å². The van der Waals surface area contributed by atoms with E-state index in [-0.39, 0.29) is 23.0 Å². The average molecular weight is 476 g/mol. The molecular formula is C24H30ClN3O5. The van der Waals surface area contributed by atoms with Gasteiger partial charge in [-0.3, -0.25) is 9.59 Å². The summed E-state index contributed by atoms with van der Waals surface area (Å²) in [6.07, 6.45) is 2.42. The first-order valence-corrected chi connectivity index (χ1v) is 11.8. The molecule has 33 heavy (non-hydrogen) atoms. The van der Waals surface area contributed by atoms with E-state index in [4.69, 9.17) is 25.6 Å². The molecule has 0 spiro atoms. The number of ether oxygens (including phenoxy) is 2. The molecule has 1 aromatic heterocycles.